The smallest absolute Gasteiger partial charge is 0.0784 e. The molecule has 3 aromatic rings. The maximum Gasteiger partial charge on any atom is 0.0784 e. The number of aryl methyl sites for hydroxylation is 1. The Morgan fingerprint density at radius 1 is 0.786 bits per heavy atom. The second-order valence-corrected chi connectivity index (χ2v) is 7.09. The molecule has 0 bridgehead atoms. The van der Waals surface area contributed by atoms with Gasteiger partial charge in [-0.25, -0.2) is 0 Å². The van der Waals surface area contributed by atoms with E-state index in [4.69, 9.17) is 4.74 Å². The fraction of sp³-hybridized carbons (Fsp3) is 0.154. The highest BCUT2D eigenvalue weighted by Crippen LogP contribution is 2.21. The Morgan fingerprint density at radius 2 is 1.32 bits per heavy atom. The summed E-state index contributed by atoms with van der Waals surface area (Å²) in [4.78, 5) is 0.948. The van der Waals surface area contributed by atoms with Gasteiger partial charge in [0.05, 0.1) is 13.4 Å². The molecule has 0 aliphatic rings. The van der Waals surface area contributed by atoms with E-state index in [-0.39, 0.29) is 0 Å². The molecule has 0 saturated heterocycles. The lowest BCUT2D eigenvalue weighted by Gasteiger charge is -2.05. The van der Waals surface area contributed by atoms with Gasteiger partial charge >= 0.3 is 0 Å². The zero-order chi connectivity index (χ0) is 19.6. The van der Waals surface area contributed by atoms with Gasteiger partial charge in [-0.05, 0) is 78.4 Å². The molecule has 0 atom stereocenters. The van der Waals surface area contributed by atoms with Gasteiger partial charge < -0.3 is 4.74 Å². The molecule has 3 rings (SSSR count). The van der Waals surface area contributed by atoms with Crippen molar-refractivity contribution < 1.29 is 4.74 Å². The molecule has 0 radical (unpaired) electrons. The van der Waals surface area contributed by atoms with E-state index in [1.165, 1.54) is 16.7 Å². The maximum absolute atomic E-state index is 4.92. The van der Waals surface area contributed by atoms with Gasteiger partial charge in [-0.3, -0.25) is 0 Å². The van der Waals surface area contributed by atoms with Gasteiger partial charge in [0, 0.05) is 16.0 Å². The lowest BCUT2D eigenvalue weighted by atomic mass is 10.0. The number of rotatable bonds is 6. The average Bonchev–Trinajstić information content (AvgIpc) is 2.74. The van der Waals surface area contributed by atoms with Crippen molar-refractivity contribution in [2.24, 2.45) is 0 Å². The minimum absolute atomic E-state index is 0.948. The van der Waals surface area contributed by atoms with Crippen LogP contribution in [0.1, 0.15) is 29.5 Å². The van der Waals surface area contributed by atoms with Crippen LogP contribution in [0.3, 0.4) is 0 Å². The van der Waals surface area contributed by atoms with Crippen LogP contribution in [0.15, 0.2) is 90.0 Å². The van der Waals surface area contributed by atoms with Crippen LogP contribution in [0, 0.1) is 11.8 Å². The van der Waals surface area contributed by atoms with E-state index < -0.39 is 0 Å². The van der Waals surface area contributed by atoms with Crippen molar-refractivity contribution in [1.82, 2.24) is 0 Å². The zero-order valence-corrected chi connectivity index (χ0v) is 17.0. The Balaban J connectivity index is 1.60. The first-order chi connectivity index (χ1) is 13.7. The van der Waals surface area contributed by atoms with Crippen LogP contribution < -0.4 is 0 Å². The van der Waals surface area contributed by atoms with E-state index in [9.17, 15) is 0 Å². The number of unbranched alkanes of at least 4 members (excludes halogenated alkanes) is 1. The van der Waals surface area contributed by atoms with E-state index >= 15 is 0 Å². The molecule has 0 unspecified atom stereocenters. The Hall–Kier alpha value is -2.89. The molecule has 0 N–H and O–H groups in total. The molecule has 28 heavy (non-hydrogen) atoms. The van der Waals surface area contributed by atoms with Crippen LogP contribution in [0.4, 0.5) is 0 Å². The van der Waals surface area contributed by atoms with Crippen LogP contribution in [-0.2, 0) is 11.2 Å². The van der Waals surface area contributed by atoms with E-state index in [1.807, 2.05) is 24.3 Å². The Kier molecular flexibility index (Phi) is 7.41. The summed E-state index contributed by atoms with van der Waals surface area (Å²) in [6, 6.07) is 25.1. The van der Waals surface area contributed by atoms with Gasteiger partial charge in [0.15, 0.2) is 0 Å². The normalized spacial score (nSPS) is 10.5. The van der Waals surface area contributed by atoms with Crippen molar-refractivity contribution in [3.63, 3.8) is 0 Å². The van der Waals surface area contributed by atoms with Gasteiger partial charge in [-0.15, -0.1) is 12.6 Å². The van der Waals surface area contributed by atoms with Crippen LogP contribution in [0.5, 0.6) is 0 Å². The third-order valence-electron chi connectivity index (χ3n) is 4.46. The molecule has 0 amide bonds. The molecular weight excluding hydrogens is 360 g/mol. The molecule has 3 aromatic carbocycles. The summed E-state index contributed by atoms with van der Waals surface area (Å²) in [6.45, 7) is 0. The Labute approximate surface area is 173 Å². The highest BCUT2D eigenvalue weighted by molar-refractivity contribution is 7.80. The summed E-state index contributed by atoms with van der Waals surface area (Å²) in [5.41, 5.74) is 5.81. The van der Waals surface area contributed by atoms with Crippen molar-refractivity contribution in [1.29, 1.82) is 0 Å². The zero-order valence-electron chi connectivity index (χ0n) is 16.1. The SMILES string of the molecule is CO/C=C/CCCc1ccc(-c2ccc(C#Cc3ccc(S)cc3)cc2)cc1. The summed E-state index contributed by atoms with van der Waals surface area (Å²) >= 11 is 4.30. The number of thiol groups is 1. The number of hydrogen-bond donors (Lipinski definition) is 1. The predicted octanol–water partition coefficient (Wildman–Crippen LogP) is 6.52. The number of methoxy groups -OCH3 is 1. The van der Waals surface area contributed by atoms with Gasteiger partial charge in [0.2, 0.25) is 0 Å². The van der Waals surface area contributed by atoms with Crippen LogP contribution in [0.25, 0.3) is 11.1 Å². The number of allylic oxidation sites excluding steroid dienone is 1. The summed E-state index contributed by atoms with van der Waals surface area (Å²) < 4.78 is 4.92. The Morgan fingerprint density at radius 3 is 1.89 bits per heavy atom. The van der Waals surface area contributed by atoms with Crippen molar-refractivity contribution >= 4 is 12.6 Å². The standard InChI is InChI=1S/C26H24OS/c1-27-20-4-2-3-5-21-8-14-24(15-9-21)25-16-10-22(11-17-25)6-7-23-12-18-26(28)19-13-23/h4,8-20,28H,2-3,5H2,1H3/b20-4+. The molecule has 0 aliphatic heterocycles. The number of hydrogen-bond acceptors (Lipinski definition) is 2. The molecule has 0 aromatic heterocycles. The molecule has 0 saturated carbocycles. The first-order valence-electron chi connectivity index (χ1n) is 9.43. The Bertz CT molecular complexity index is 956. The molecule has 0 aliphatic carbocycles. The van der Waals surface area contributed by atoms with Crippen LogP contribution >= 0.6 is 12.6 Å². The van der Waals surface area contributed by atoms with Gasteiger partial charge in [0.25, 0.3) is 0 Å². The summed E-state index contributed by atoms with van der Waals surface area (Å²) in [6.07, 6.45) is 7.06. The fourth-order valence-corrected chi connectivity index (χ4v) is 3.04. The number of benzene rings is 3. The second kappa shape index (κ2) is 10.4. The van der Waals surface area contributed by atoms with Gasteiger partial charge in [-0.2, -0.15) is 0 Å². The monoisotopic (exact) mass is 384 g/mol. The third-order valence-corrected chi connectivity index (χ3v) is 4.76. The molecule has 0 fully saturated rings. The van der Waals surface area contributed by atoms with E-state index in [1.54, 1.807) is 13.4 Å². The first-order valence-corrected chi connectivity index (χ1v) is 9.87. The topological polar surface area (TPSA) is 9.23 Å². The predicted molar refractivity (Wildman–Crippen MR) is 121 cm³/mol. The quantitative estimate of drug-likeness (QED) is 0.220. The highest BCUT2D eigenvalue weighted by Gasteiger charge is 1.99. The lowest BCUT2D eigenvalue weighted by Crippen LogP contribution is -1.86. The third kappa shape index (κ3) is 6.08. The van der Waals surface area contributed by atoms with Gasteiger partial charge in [-0.1, -0.05) is 48.2 Å². The molecule has 0 heterocycles. The minimum Gasteiger partial charge on any atom is -0.505 e. The molecule has 2 heteroatoms. The van der Waals surface area contributed by atoms with Gasteiger partial charge in [0.1, 0.15) is 0 Å². The van der Waals surface area contributed by atoms with Crippen molar-refractivity contribution in [2.45, 2.75) is 24.2 Å². The molecule has 0 spiro atoms. The van der Waals surface area contributed by atoms with Crippen LogP contribution in [-0.4, -0.2) is 7.11 Å². The van der Waals surface area contributed by atoms with E-state index in [0.29, 0.717) is 0 Å². The minimum atomic E-state index is 0.948. The number of ether oxygens (including phenoxy) is 1. The summed E-state index contributed by atoms with van der Waals surface area (Å²) in [5.74, 6) is 6.41. The molecule has 1 nitrogen and oxygen atoms in total. The fourth-order valence-electron chi connectivity index (χ4n) is 2.89. The second-order valence-electron chi connectivity index (χ2n) is 6.57. The maximum atomic E-state index is 4.92. The molecular formula is C26H24OS. The highest BCUT2D eigenvalue weighted by atomic mass is 32.1. The van der Waals surface area contributed by atoms with Crippen molar-refractivity contribution in [3.05, 3.63) is 102 Å². The van der Waals surface area contributed by atoms with E-state index in [2.05, 4.69) is 79.1 Å². The lowest BCUT2D eigenvalue weighted by molar-refractivity contribution is 0.336. The first kappa shape index (κ1) is 19.9. The van der Waals surface area contributed by atoms with Crippen molar-refractivity contribution in [3.8, 4) is 23.0 Å². The van der Waals surface area contributed by atoms with Crippen molar-refractivity contribution in [2.75, 3.05) is 7.11 Å². The average molecular weight is 385 g/mol. The largest absolute Gasteiger partial charge is 0.505 e. The van der Waals surface area contributed by atoms with E-state index in [0.717, 1.165) is 35.3 Å². The summed E-state index contributed by atoms with van der Waals surface area (Å²) in [7, 11) is 1.68. The summed E-state index contributed by atoms with van der Waals surface area (Å²) in [5, 5.41) is 0. The van der Waals surface area contributed by atoms with Crippen LogP contribution in [0.2, 0.25) is 0 Å². The molecule has 140 valence electrons.